The van der Waals surface area contributed by atoms with Crippen molar-refractivity contribution in [2.75, 3.05) is 10.2 Å². The van der Waals surface area contributed by atoms with Crippen LogP contribution in [0.5, 0.6) is 0 Å². The normalized spacial score (nSPS) is 13.9. The van der Waals surface area contributed by atoms with Gasteiger partial charge in [-0.25, -0.2) is 4.90 Å². The summed E-state index contributed by atoms with van der Waals surface area (Å²) < 4.78 is 0. The average molecular weight is 435 g/mol. The molecule has 0 aromatic heterocycles. The largest absolute Gasteiger partial charge is 0.350 e. The van der Waals surface area contributed by atoms with E-state index < -0.39 is 0 Å². The highest BCUT2D eigenvalue weighted by Crippen LogP contribution is 2.38. The lowest BCUT2D eigenvalue weighted by molar-refractivity contribution is -0.120. The van der Waals surface area contributed by atoms with Gasteiger partial charge in [-0.1, -0.05) is 59.3 Å². The fourth-order valence-electron chi connectivity index (χ4n) is 3.15. The van der Waals surface area contributed by atoms with Gasteiger partial charge in [0, 0.05) is 15.6 Å². The summed E-state index contributed by atoms with van der Waals surface area (Å²) >= 11 is 7.34. The Bertz CT molecular complexity index is 1160. The lowest BCUT2D eigenvalue weighted by Gasteiger charge is -2.16. The predicted molar refractivity (Wildman–Crippen MR) is 123 cm³/mol. The van der Waals surface area contributed by atoms with Gasteiger partial charge in [0.15, 0.2) is 0 Å². The van der Waals surface area contributed by atoms with E-state index >= 15 is 0 Å². The van der Waals surface area contributed by atoms with Crippen LogP contribution in [0.2, 0.25) is 5.02 Å². The molecule has 1 N–H and O–H groups in total. The zero-order valence-corrected chi connectivity index (χ0v) is 18.1. The van der Waals surface area contributed by atoms with Crippen LogP contribution >= 0.6 is 23.4 Å². The van der Waals surface area contributed by atoms with E-state index in [1.807, 2.05) is 68.4 Å². The Hall–Kier alpha value is -3.02. The standard InChI is InChI=1S/C24H19ClN2O2S/c1-15-8-11-18(12-9-15)27-23(28)21(26-20-13-10-17(25)14-16(20)2)22(24(27)29)30-19-6-4-3-5-7-19/h3-14,26H,1-2H3. The van der Waals surface area contributed by atoms with Crippen molar-refractivity contribution >= 4 is 46.6 Å². The molecule has 0 radical (unpaired) electrons. The molecule has 0 saturated heterocycles. The van der Waals surface area contributed by atoms with Crippen LogP contribution in [0.4, 0.5) is 11.4 Å². The van der Waals surface area contributed by atoms with Crippen molar-refractivity contribution in [3.63, 3.8) is 0 Å². The van der Waals surface area contributed by atoms with Crippen LogP contribution in [0.15, 0.2) is 88.3 Å². The maximum atomic E-state index is 13.3. The number of aryl methyl sites for hydroxylation is 2. The first-order chi connectivity index (χ1) is 14.4. The maximum Gasteiger partial charge on any atom is 0.283 e. The molecule has 0 atom stereocenters. The van der Waals surface area contributed by atoms with Crippen LogP contribution in [0.3, 0.4) is 0 Å². The van der Waals surface area contributed by atoms with E-state index in [9.17, 15) is 9.59 Å². The minimum atomic E-state index is -0.378. The van der Waals surface area contributed by atoms with Crippen molar-refractivity contribution < 1.29 is 9.59 Å². The molecule has 1 heterocycles. The van der Waals surface area contributed by atoms with E-state index in [0.717, 1.165) is 21.7 Å². The number of nitrogens with zero attached hydrogens (tertiary/aromatic N) is 1. The first kappa shape index (κ1) is 20.3. The predicted octanol–water partition coefficient (Wildman–Crippen LogP) is 5.95. The molecule has 2 amide bonds. The summed E-state index contributed by atoms with van der Waals surface area (Å²) in [4.78, 5) is 29.1. The fourth-order valence-corrected chi connectivity index (χ4v) is 4.33. The Balaban J connectivity index is 1.76. The van der Waals surface area contributed by atoms with Crippen molar-refractivity contribution in [2.45, 2.75) is 18.7 Å². The maximum absolute atomic E-state index is 13.3. The number of benzene rings is 3. The molecule has 6 heteroatoms. The van der Waals surface area contributed by atoms with Crippen LogP contribution in [-0.2, 0) is 9.59 Å². The van der Waals surface area contributed by atoms with E-state index in [2.05, 4.69) is 5.32 Å². The van der Waals surface area contributed by atoms with E-state index in [4.69, 9.17) is 11.6 Å². The van der Waals surface area contributed by atoms with Crippen LogP contribution in [0, 0.1) is 13.8 Å². The molecule has 30 heavy (non-hydrogen) atoms. The quantitative estimate of drug-likeness (QED) is 0.504. The highest BCUT2D eigenvalue weighted by molar-refractivity contribution is 8.04. The molecule has 0 aliphatic carbocycles. The van der Waals surface area contributed by atoms with Crippen LogP contribution in [0.1, 0.15) is 11.1 Å². The Labute approximate surface area is 184 Å². The molecule has 1 aliphatic heterocycles. The summed E-state index contributed by atoms with van der Waals surface area (Å²) in [6, 6.07) is 22.2. The van der Waals surface area contributed by atoms with E-state index in [-0.39, 0.29) is 17.5 Å². The van der Waals surface area contributed by atoms with Crippen LogP contribution in [-0.4, -0.2) is 11.8 Å². The number of carbonyl (C=O) groups excluding carboxylic acids is 2. The van der Waals surface area contributed by atoms with Gasteiger partial charge in [-0.15, -0.1) is 0 Å². The van der Waals surface area contributed by atoms with Crippen molar-refractivity contribution in [1.82, 2.24) is 0 Å². The third-order valence-electron chi connectivity index (χ3n) is 4.74. The number of carbonyl (C=O) groups is 2. The molecule has 0 bridgehead atoms. The average Bonchev–Trinajstić information content (AvgIpc) is 2.95. The summed E-state index contributed by atoms with van der Waals surface area (Å²) in [5.41, 5.74) is 3.48. The van der Waals surface area contributed by atoms with E-state index in [1.54, 1.807) is 18.2 Å². The first-order valence-corrected chi connectivity index (χ1v) is 10.6. The van der Waals surface area contributed by atoms with Crippen molar-refractivity contribution in [3.05, 3.63) is 99.5 Å². The molecule has 150 valence electrons. The lowest BCUT2D eigenvalue weighted by Crippen LogP contribution is -2.32. The van der Waals surface area contributed by atoms with Gasteiger partial charge in [0.25, 0.3) is 11.8 Å². The molecular formula is C24H19ClN2O2S. The second kappa shape index (κ2) is 8.38. The second-order valence-corrected chi connectivity index (χ2v) is 8.50. The number of imide groups is 1. The van der Waals surface area contributed by atoms with Gasteiger partial charge in [0.1, 0.15) is 10.6 Å². The SMILES string of the molecule is Cc1ccc(N2C(=O)C(Nc3ccc(Cl)cc3C)=C(Sc3ccccc3)C2=O)cc1. The minimum absolute atomic E-state index is 0.264. The Morgan fingerprint density at radius 3 is 2.23 bits per heavy atom. The van der Waals surface area contributed by atoms with Gasteiger partial charge < -0.3 is 5.32 Å². The zero-order valence-electron chi connectivity index (χ0n) is 16.5. The first-order valence-electron chi connectivity index (χ1n) is 9.40. The lowest BCUT2D eigenvalue weighted by atomic mass is 10.2. The van der Waals surface area contributed by atoms with Gasteiger partial charge in [-0.3, -0.25) is 9.59 Å². The number of halogens is 1. The molecule has 0 spiro atoms. The van der Waals surface area contributed by atoms with E-state index in [0.29, 0.717) is 15.6 Å². The molecule has 4 nitrogen and oxygen atoms in total. The third-order valence-corrected chi connectivity index (χ3v) is 6.07. The summed E-state index contributed by atoms with van der Waals surface area (Å²) in [6.07, 6.45) is 0. The number of rotatable bonds is 5. The van der Waals surface area contributed by atoms with Crippen molar-refractivity contribution in [2.24, 2.45) is 0 Å². The van der Waals surface area contributed by atoms with Crippen molar-refractivity contribution in [3.8, 4) is 0 Å². The Morgan fingerprint density at radius 2 is 1.57 bits per heavy atom. The van der Waals surface area contributed by atoms with E-state index in [1.165, 1.54) is 16.7 Å². The molecule has 3 aromatic carbocycles. The molecule has 3 aromatic rings. The van der Waals surface area contributed by atoms with Gasteiger partial charge in [0.05, 0.1) is 5.69 Å². The summed E-state index contributed by atoms with van der Waals surface area (Å²) in [6.45, 7) is 3.86. The molecule has 0 saturated carbocycles. The summed E-state index contributed by atoms with van der Waals surface area (Å²) in [7, 11) is 0. The molecule has 1 aliphatic rings. The highest BCUT2D eigenvalue weighted by Gasteiger charge is 2.40. The smallest absolute Gasteiger partial charge is 0.283 e. The third kappa shape index (κ3) is 3.99. The zero-order chi connectivity index (χ0) is 21.3. The van der Waals surface area contributed by atoms with Gasteiger partial charge in [-0.2, -0.15) is 0 Å². The fraction of sp³-hybridized carbons (Fsp3) is 0.0833. The number of hydrogen-bond donors (Lipinski definition) is 1. The Kier molecular flexibility index (Phi) is 5.66. The molecule has 0 unspecified atom stereocenters. The number of hydrogen-bond acceptors (Lipinski definition) is 4. The number of anilines is 2. The van der Waals surface area contributed by atoms with Crippen molar-refractivity contribution in [1.29, 1.82) is 0 Å². The molecule has 4 rings (SSSR count). The topological polar surface area (TPSA) is 49.4 Å². The second-order valence-electron chi connectivity index (χ2n) is 6.98. The summed E-state index contributed by atoms with van der Waals surface area (Å²) in [5, 5.41) is 3.80. The van der Waals surface area contributed by atoms with Gasteiger partial charge in [-0.05, 0) is 61.9 Å². The van der Waals surface area contributed by atoms with Gasteiger partial charge in [0.2, 0.25) is 0 Å². The van der Waals surface area contributed by atoms with Crippen LogP contribution < -0.4 is 10.2 Å². The van der Waals surface area contributed by atoms with Crippen LogP contribution in [0.25, 0.3) is 0 Å². The number of nitrogens with one attached hydrogen (secondary N) is 1. The highest BCUT2D eigenvalue weighted by atomic mass is 35.5. The monoisotopic (exact) mass is 434 g/mol. The summed E-state index contributed by atoms with van der Waals surface area (Å²) in [5.74, 6) is -0.719. The van der Waals surface area contributed by atoms with Gasteiger partial charge >= 0.3 is 0 Å². The molecule has 0 fully saturated rings. The Morgan fingerprint density at radius 1 is 0.867 bits per heavy atom. The number of amides is 2. The molecular weight excluding hydrogens is 416 g/mol. The number of thioether (sulfide) groups is 1. The minimum Gasteiger partial charge on any atom is -0.350 e.